The van der Waals surface area contributed by atoms with E-state index in [1.54, 1.807) is 30.3 Å². The van der Waals surface area contributed by atoms with Gasteiger partial charge < -0.3 is 25.5 Å². The Morgan fingerprint density at radius 1 is 1.08 bits per heavy atom. The number of rotatable bonds is 7. The lowest BCUT2D eigenvalue weighted by molar-refractivity contribution is -0.192. The Bertz CT molecular complexity index is 1240. The SMILES string of the molecule is CNC(=O)CN(C)C(=O)c1ccc(N2CCNCC2)c(NS(=O)(=O)c2ccccc2)c1.O=C(O)C(F)(F)F. The van der Waals surface area contributed by atoms with Crippen LogP contribution < -0.4 is 20.3 Å². The first-order chi connectivity index (χ1) is 17.8. The molecule has 0 unspecified atom stereocenters. The molecule has 2 amide bonds. The van der Waals surface area contributed by atoms with Crippen molar-refractivity contribution >= 4 is 39.2 Å². The zero-order valence-electron chi connectivity index (χ0n) is 20.6. The van der Waals surface area contributed by atoms with E-state index in [0.717, 1.165) is 13.1 Å². The number of amides is 2. The minimum Gasteiger partial charge on any atom is -0.475 e. The number of hydrogen-bond donors (Lipinski definition) is 4. The molecule has 15 heteroatoms. The first-order valence-electron chi connectivity index (χ1n) is 11.2. The Labute approximate surface area is 217 Å². The molecule has 3 rings (SSSR count). The third-order valence-electron chi connectivity index (χ3n) is 5.25. The fourth-order valence-corrected chi connectivity index (χ4v) is 4.41. The van der Waals surface area contributed by atoms with Crippen LogP contribution in [0.4, 0.5) is 24.5 Å². The second-order valence-corrected chi connectivity index (χ2v) is 9.71. The fourth-order valence-electron chi connectivity index (χ4n) is 3.32. The lowest BCUT2D eigenvalue weighted by Crippen LogP contribution is -2.44. The van der Waals surface area contributed by atoms with Crippen molar-refractivity contribution in [1.29, 1.82) is 0 Å². The number of sulfonamides is 1. The molecule has 0 radical (unpaired) electrons. The number of carboxylic acids is 1. The molecule has 0 atom stereocenters. The minimum atomic E-state index is -5.08. The number of aliphatic carboxylic acids is 1. The van der Waals surface area contributed by atoms with Crippen LogP contribution in [0, 0.1) is 0 Å². The average Bonchev–Trinajstić information content (AvgIpc) is 2.88. The van der Waals surface area contributed by atoms with Gasteiger partial charge in [-0.3, -0.25) is 14.3 Å². The van der Waals surface area contributed by atoms with Gasteiger partial charge in [-0.2, -0.15) is 13.2 Å². The second kappa shape index (κ2) is 13.1. The number of likely N-dealkylation sites (N-methyl/N-ethyl adjacent to an activating group) is 2. The number of alkyl halides is 3. The number of carbonyl (C=O) groups is 3. The highest BCUT2D eigenvalue weighted by molar-refractivity contribution is 7.92. The number of hydrogen-bond acceptors (Lipinski definition) is 7. The van der Waals surface area contributed by atoms with E-state index in [1.165, 1.54) is 37.2 Å². The molecule has 0 aromatic heterocycles. The van der Waals surface area contributed by atoms with Crippen molar-refractivity contribution in [1.82, 2.24) is 15.5 Å². The summed E-state index contributed by atoms with van der Waals surface area (Å²) >= 11 is 0. The van der Waals surface area contributed by atoms with E-state index in [9.17, 15) is 31.2 Å². The van der Waals surface area contributed by atoms with Crippen LogP contribution in [0.5, 0.6) is 0 Å². The molecular formula is C23H28F3N5O6S. The maximum atomic E-state index is 12.9. The average molecular weight is 560 g/mol. The van der Waals surface area contributed by atoms with Crippen LogP contribution in [0.3, 0.4) is 0 Å². The molecule has 4 N–H and O–H groups in total. The predicted octanol–water partition coefficient (Wildman–Crippen LogP) is 1.35. The molecule has 38 heavy (non-hydrogen) atoms. The molecule has 0 bridgehead atoms. The number of piperazine rings is 1. The number of benzene rings is 2. The van der Waals surface area contributed by atoms with Gasteiger partial charge in [0, 0.05) is 45.8 Å². The summed E-state index contributed by atoms with van der Waals surface area (Å²) in [5.74, 6) is -3.43. The Kier molecular flexibility index (Phi) is 10.5. The van der Waals surface area contributed by atoms with Crippen LogP contribution in [0.15, 0.2) is 53.4 Å². The normalized spacial score (nSPS) is 13.6. The lowest BCUT2D eigenvalue weighted by Gasteiger charge is -2.31. The molecule has 0 aliphatic carbocycles. The summed E-state index contributed by atoms with van der Waals surface area (Å²) in [6.07, 6.45) is -5.08. The molecule has 0 saturated carbocycles. The van der Waals surface area contributed by atoms with Crippen molar-refractivity contribution < 1.29 is 41.1 Å². The topological polar surface area (TPSA) is 148 Å². The van der Waals surface area contributed by atoms with Crippen LogP contribution in [0.2, 0.25) is 0 Å². The van der Waals surface area contributed by atoms with Gasteiger partial charge >= 0.3 is 12.1 Å². The zero-order valence-corrected chi connectivity index (χ0v) is 21.4. The Morgan fingerprint density at radius 3 is 2.18 bits per heavy atom. The van der Waals surface area contributed by atoms with E-state index >= 15 is 0 Å². The molecule has 1 saturated heterocycles. The number of carbonyl (C=O) groups excluding carboxylic acids is 2. The van der Waals surface area contributed by atoms with Crippen molar-refractivity contribution in [2.75, 3.05) is 56.4 Å². The third kappa shape index (κ3) is 8.62. The van der Waals surface area contributed by atoms with Crippen molar-refractivity contribution in [2.24, 2.45) is 0 Å². The van der Waals surface area contributed by atoms with Gasteiger partial charge in [-0.15, -0.1) is 0 Å². The summed E-state index contributed by atoms with van der Waals surface area (Å²) in [5.41, 5.74) is 1.31. The van der Waals surface area contributed by atoms with E-state index in [0.29, 0.717) is 24.5 Å². The van der Waals surface area contributed by atoms with Gasteiger partial charge in [0.05, 0.1) is 22.8 Å². The number of nitrogens with one attached hydrogen (secondary N) is 3. The minimum absolute atomic E-state index is 0.0973. The number of nitrogens with zero attached hydrogens (tertiary/aromatic N) is 2. The van der Waals surface area contributed by atoms with E-state index in [1.807, 2.05) is 0 Å². The predicted molar refractivity (Wildman–Crippen MR) is 133 cm³/mol. The maximum absolute atomic E-state index is 12.9. The van der Waals surface area contributed by atoms with Crippen LogP contribution in [0.25, 0.3) is 0 Å². The van der Waals surface area contributed by atoms with Crippen LogP contribution in [0.1, 0.15) is 10.4 Å². The molecule has 1 fully saturated rings. The van der Waals surface area contributed by atoms with E-state index in [-0.39, 0.29) is 28.8 Å². The van der Waals surface area contributed by atoms with Gasteiger partial charge in [0.15, 0.2) is 0 Å². The van der Waals surface area contributed by atoms with Crippen LogP contribution >= 0.6 is 0 Å². The molecule has 2 aromatic rings. The molecule has 1 aliphatic heterocycles. The Balaban J connectivity index is 0.000000638. The van der Waals surface area contributed by atoms with Gasteiger partial charge in [-0.05, 0) is 30.3 Å². The van der Waals surface area contributed by atoms with Gasteiger partial charge in [-0.1, -0.05) is 18.2 Å². The maximum Gasteiger partial charge on any atom is 0.490 e. The summed E-state index contributed by atoms with van der Waals surface area (Å²) in [5, 5.41) is 12.9. The summed E-state index contributed by atoms with van der Waals surface area (Å²) < 4.78 is 60.3. The smallest absolute Gasteiger partial charge is 0.475 e. The van der Waals surface area contributed by atoms with Crippen molar-refractivity contribution in [3.63, 3.8) is 0 Å². The van der Waals surface area contributed by atoms with Gasteiger partial charge in [0.1, 0.15) is 0 Å². The number of carboxylic acid groups (broad SMARTS) is 1. The summed E-state index contributed by atoms with van der Waals surface area (Å²) in [6, 6.07) is 13.0. The highest BCUT2D eigenvalue weighted by Gasteiger charge is 2.38. The van der Waals surface area contributed by atoms with Crippen molar-refractivity contribution in [3.8, 4) is 0 Å². The zero-order chi connectivity index (χ0) is 28.5. The highest BCUT2D eigenvalue weighted by atomic mass is 32.2. The van der Waals surface area contributed by atoms with Crippen molar-refractivity contribution in [2.45, 2.75) is 11.1 Å². The first kappa shape index (κ1) is 30.4. The van der Waals surface area contributed by atoms with E-state index in [2.05, 4.69) is 20.3 Å². The quantitative estimate of drug-likeness (QED) is 0.398. The lowest BCUT2D eigenvalue weighted by atomic mass is 10.1. The van der Waals surface area contributed by atoms with Gasteiger partial charge in [0.25, 0.3) is 15.9 Å². The summed E-state index contributed by atoms with van der Waals surface area (Å²) in [6.45, 7) is 2.88. The summed E-state index contributed by atoms with van der Waals surface area (Å²) in [4.78, 5) is 36.8. The number of anilines is 2. The standard InChI is InChI=1S/C21H27N5O4S.C2HF3O2/c1-22-20(27)15-25(2)21(28)16-8-9-19(26-12-10-23-11-13-26)18(14-16)24-31(29,30)17-6-4-3-5-7-17;3-2(4,5)1(6)7/h3-9,14,23-24H,10-13,15H2,1-2H3,(H,22,27);(H,6,7). The van der Waals surface area contributed by atoms with Crippen LogP contribution in [-0.4, -0.2) is 89.2 Å². The highest BCUT2D eigenvalue weighted by Crippen LogP contribution is 2.30. The molecular weight excluding hydrogens is 531 g/mol. The largest absolute Gasteiger partial charge is 0.490 e. The van der Waals surface area contributed by atoms with E-state index in [4.69, 9.17) is 9.90 Å². The monoisotopic (exact) mass is 559 g/mol. The van der Waals surface area contributed by atoms with Gasteiger partial charge in [-0.25, -0.2) is 13.2 Å². The Hall–Kier alpha value is -3.85. The molecule has 11 nitrogen and oxygen atoms in total. The van der Waals surface area contributed by atoms with Gasteiger partial charge in [0.2, 0.25) is 5.91 Å². The number of halogens is 3. The third-order valence-corrected chi connectivity index (χ3v) is 6.63. The molecule has 2 aromatic carbocycles. The summed E-state index contributed by atoms with van der Waals surface area (Å²) in [7, 11) is -0.819. The second-order valence-electron chi connectivity index (χ2n) is 8.02. The molecule has 208 valence electrons. The van der Waals surface area contributed by atoms with Crippen molar-refractivity contribution in [3.05, 3.63) is 54.1 Å². The van der Waals surface area contributed by atoms with Crippen LogP contribution in [-0.2, 0) is 19.6 Å². The Morgan fingerprint density at radius 2 is 1.66 bits per heavy atom. The fraction of sp³-hybridized carbons (Fsp3) is 0.348. The first-order valence-corrected chi connectivity index (χ1v) is 12.7. The van der Waals surface area contributed by atoms with E-state index < -0.39 is 22.2 Å². The molecule has 0 spiro atoms. The molecule has 1 heterocycles. The molecule has 1 aliphatic rings.